The largest absolute Gasteiger partial charge is 0.324 e. The van der Waals surface area contributed by atoms with Crippen molar-refractivity contribution in [2.75, 3.05) is 15.9 Å². The molecule has 0 radical (unpaired) electrons. The molecule has 0 fully saturated rings. The van der Waals surface area contributed by atoms with Crippen molar-refractivity contribution in [1.29, 1.82) is 0 Å². The fourth-order valence-corrected chi connectivity index (χ4v) is 4.35. The molecule has 2 aromatic carbocycles. The molecule has 1 atom stereocenters. The van der Waals surface area contributed by atoms with Gasteiger partial charge in [-0.15, -0.1) is 0 Å². The van der Waals surface area contributed by atoms with Gasteiger partial charge >= 0.3 is 0 Å². The van der Waals surface area contributed by atoms with E-state index in [9.17, 15) is 13.2 Å². The lowest BCUT2D eigenvalue weighted by atomic mass is 10.0. The number of anilines is 2. The smallest absolute Gasteiger partial charge is 0.247 e. The number of carbonyl (C=O) groups excluding carboxylic acids is 1. The number of nitrogens with zero attached hydrogens (tertiary/aromatic N) is 1. The molecule has 0 heterocycles. The van der Waals surface area contributed by atoms with Gasteiger partial charge in [-0.1, -0.05) is 49.2 Å². The standard InChI is InChI=1S/C19H22Cl2N2O3S/c1-12(2)14-5-7-17(8-6-14)22-19(24)13(3)23(27(4,25)26)18-10-15(20)9-16(21)11-18/h5-13H,1-4H3,(H,22,24)/t13-/m1/s1. The fraction of sp³-hybridized carbons (Fsp3) is 0.316. The zero-order chi connectivity index (χ0) is 20.4. The number of benzene rings is 2. The van der Waals surface area contributed by atoms with E-state index >= 15 is 0 Å². The van der Waals surface area contributed by atoms with Crippen LogP contribution in [0.5, 0.6) is 0 Å². The van der Waals surface area contributed by atoms with Gasteiger partial charge in [0.25, 0.3) is 0 Å². The number of amides is 1. The minimum absolute atomic E-state index is 0.229. The van der Waals surface area contributed by atoms with E-state index < -0.39 is 22.0 Å². The molecule has 0 aromatic heterocycles. The summed E-state index contributed by atoms with van der Waals surface area (Å²) in [6.45, 7) is 5.67. The van der Waals surface area contributed by atoms with Gasteiger partial charge in [-0.05, 0) is 48.7 Å². The van der Waals surface area contributed by atoms with Crippen LogP contribution in [0.15, 0.2) is 42.5 Å². The van der Waals surface area contributed by atoms with Crippen LogP contribution in [0.3, 0.4) is 0 Å². The van der Waals surface area contributed by atoms with Crippen molar-refractivity contribution < 1.29 is 13.2 Å². The lowest BCUT2D eigenvalue weighted by Crippen LogP contribution is -2.45. The molecule has 1 amide bonds. The van der Waals surface area contributed by atoms with Crippen LogP contribution in [0.4, 0.5) is 11.4 Å². The lowest BCUT2D eigenvalue weighted by Gasteiger charge is -2.28. The number of carbonyl (C=O) groups is 1. The summed E-state index contributed by atoms with van der Waals surface area (Å²) in [4.78, 5) is 12.7. The van der Waals surface area contributed by atoms with Gasteiger partial charge in [-0.25, -0.2) is 8.42 Å². The Bertz CT molecular complexity index is 908. The first-order chi connectivity index (χ1) is 12.5. The Morgan fingerprint density at radius 3 is 1.96 bits per heavy atom. The van der Waals surface area contributed by atoms with Gasteiger partial charge in [0, 0.05) is 15.7 Å². The van der Waals surface area contributed by atoms with E-state index in [2.05, 4.69) is 19.2 Å². The highest BCUT2D eigenvalue weighted by molar-refractivity contribution is 7.92. The first kappa shape index (κ1) is 21.5. The molecular weight excluding hydrogens is 407 g/mol. The lowest BCUT2D eigenvalue weighted by molar-refractivity contribution is -0.116. The van der Waals surface area contributed by atoms with Crippen molar-refractivity contribution in [2.45, 2.75) is 32.7 Å². The second-order valence-corrected chi connectivity index (χ2v) is 9.36. The van der Waals surface area contributed by atoms with E-state index in [-0.39, 0.29) is 15.7 Å². The maximum absolute atomic E-state index is 12.7. The Kier molecular flexibility index (Phi) is 6.78. The Hall–Kier alpha value is -1.76. The van der Waals surface area contributed by atoms with Gasteiger partial charge in [-0.3, -0.25) is 9.10 Å². The maximum atomic E-state index is 12.7. The maximum Gasteiger partial charge on any atom is 0.247 e. The quantitative estimate of drug-likeness (QED) is 0.710. The van der Waals surface area contributed by atoms with Gasteiger partial charge < -0.3 is 5.32 Å². The molecule has 5 nitrogen and oxygen atoms in total. The average molecular weight is 429 g/mol. The topological polar surface area (TPSA) is 66.5 Å². The molecule has 1 N–H and O–H groups in total. The fourth-order valence-electron chi connectivity index (χ4n) is 2.67. The summed E-state index contributed by atoms with van der Waals surface area (Å²) in [6, 6.07) is 10.8. The van der Waals surface area contributed by atoms with Crippen LogP contribution in [0.25, 0.3) is 0 Å². The third-order valence-corrected chi connectivity index (χ3v) is 5.71. The van der Waals surface area contributed by atoms with Crippen molar-refractivity contribution in [3.05, 3.63) is 58.1 Å². The van der Waals surface area contributed by atoms with Crippen LogP contribution in [0.1, 0.15) is 32.3 Å². The summed E-state index contributed by atoms with van der Waals surface area (Å²) in [5, 5.41) is 3.31. The normalized spacial score (nSPS) is 12.7. The number of hydrogen-bond donors (Lipinski definition) is 1. The summed E-state index contributed by atoms with van der Waals surface area (Å²) in [5.41, 5.74) is 1.97. The van der Waals surface area contributed by atoms with Crippen molar-refractivity contribution >= 4 is 50.5 Å². The van der Waals surface area contributed by atoms with Gasteiger partial charge in [0.15, 0.2) is 0 Å². The van der Waals surface area contributed by atoms with Crippen LogP contribution in [0, 0.1) is 0 Å². The van der Waals surface area contributed by atoms with E-state index in [0.717, 1.165) is 16.1 Å². The predicted molar refractivity (Wildman–Crippen MR) is 112 cm³/mol. The molecule has 0 spiro atoms. The van der Waals surface area contributed by atoms with E-state index in [4.69, 9.17) is 23.2 Å². The van der Waals surface area contributed by atoms with Gasteiger partial charge in [0.05, 0.1) is 11.9 Å². The third kappa shape index (κ3) is 5.61. The van der Waals surface area contributed by atoms with Crippen LogP contribution in [-0.2, 0) is 14.8 Å². The Morgan fingerprint density at radius 1 is 1.00 bits per heavy atom. The third-order valence-electron chi connectivity index (χ3n) is 4.04. The second-order valence-electron chi connectivity index (χ2n) is 6.63. The molecule has 0 saturated carbocycles. The van der Waals surface area contributed by atoms with Crippen LogP contribution in [-0.4, -0.2) is 26.6 Å². The van der Waals surface area contributed by atoms with Crippen molar-refractivity contribution in [2.24, 2.45) is 0 Å². The zero-order valence-corrected chi connectivity index (χ0v) is 17.9. The summed E-state index contributed by atoms with van der Waals surface area (Å²) in [6.07, 6.45) is 1.03. The van der Waals surface area contributed by atoms with E-state index in [0.29, 0.717) is 11.6 Å². The molecule has 8 heteroatoms. The number of rotatable bonds is 6. The highest BCUT2D eigenvalue weighted by atomic mass is 35.5. The molecule has 0 aliphatic rings. The number of halogens is 2. The van der Waals surface area contributed by atoms with Gasteiger partial charge in [0.2, 0.25) is 15.9 Å². The monoisotopic (exact) mass is 428 g/mol. The predicted octanol–water partition coefficient (Wildman–Crippen LogP) is 4.91. The first-order valence-corrected chi connectivity index (χ1v) is 11.0. The average Bonchev–Trinajstić information content (AvgIpc) is 2.53. The minimum Gasteiger partial charge on any atom is -0.324 e. The van der Waals surface area contributed by atoms with Gasteiger partial charge in [0.1, 0.15) is 6.04 Å². The van der Waals surface area contributed by atoms with Crippen LogP contribution in [0.2, 0.25) is 10.0 Å². The molecule has 2 rings (SSSR count). The molecule has 0 bridgehead atoms. The zero-order valence-electron chi connectivity index (χ0n) is 15.5. The van der Waals surface area contributed by atoms with Crippen LogP contribution >= 0.6 is 23.2 Å². The highest BCUT2D eigenvalue weighted by Gasteiger charge is 2.29. The van der Waals surface area contributed by atoms with Crippen molar-refractivity contribution in [3.63, 3.8) is 0 Å². The molecule has 0 aliphatic heterocycles. The van der Waals surface area contributed by atoms with E-state index in [1.807, 2.05) is 12.1 Å². The summed E-state index contributed by atoms with van der Waals surface area (Å²) in [5.74, 6) is -0.0872. The molecule has 146 valence electrons. The second kappa shape index (κ2) is 8.50. The van der Waals surface area contributed by atoms with Crippen LogP contribution < -0.4 is 9.62 Å². The Balaban J connectivity index is 2.29. The molecule has 27 heavy (non-hydrogen) atoms. The van der Waals surface area contributed by atoms with E-state index in [1.54, 1.807) is 12.1 Å². The SMILES string of the molecule is CC(C)c1ccc(NC(=O)[C@@H](C)N(c2cc(Cl)cc(Cl)c2)S(C)(=O)=O)cc1. The minimum atomic E-state index is -3.75. The summed E-state index contributed by atoms with van der Waals surface area (Å²) < 4.78 is 25.7. The van der Waals surface area contributed by atoms with Crippen molar-refractivity contribution in [3.8, 4) is 0 Å². The molecule has 0 saturated heterocycles. The summed E-state index contributed by atoms with van der Waals surface area (Å²) in [7, 11) is -3.75. The Labute approximate surface area is 170 Å². The van der Waals surface area contributed by atoms with Crippen molar-refractivity contribution in [1.82, 2.24) is 0 Å². The number of nitrogens with one attached hydrogen (secondary N) is 1. The summed E-state index contributed by atoms with van der Waals surface area (Å²) >= 11 is 12.0. The highest BCUT2D eigenvalue weighted by Crippen LogP contribution is 2.29. The molecule has 2 aromatic rings. The van der Waals surface area contributed by atoms with Gasteiger partial charge in [-0.2, -0.15) is 0 Å². The number of sulfonamides is 1. The first-order valence-electron chi connectivity index (χ1n) is 8.35. The van der Waals surface area contributed by atoms with E-state index in [1.165, 1.54) is 25.1 Å². The number of hydrogen-bond acceptors (Lipinski definition) is 3. The molecule has 0 unspecified atom stereocenters. The molecular formula is C19H22Cl2N2O3S. The Morgan fingerprint density at radius 2 is 1.52 bits per heavy atom. The molecule has 0 aliphatic carbocycles.